The monoisotopic (exact) mass is 494 g/mol. The van der Waals surface area contributed by atoms with Crippen LogP contribution in [-0.4, -0.2) is 30.1 Å². The third-order valence-corrected chi connectivity index (χ3v) is 6.23. The van der Waals surface area contributed by atoms with Crippen LogP contribution in [0.25, 0.3) is 11.1 Å². The molecule has 3 aromatic rings. The molecule has 1 aromatic heterocycles. The van der Waals surface area contributed by atoms with E-state index in [1.807, 2.05) is 0 Å². The van der Waals surface area contributed by atoms with Crippen LogP contribution in [0.3, 0.4) is 0 Å². The van der Waals surface area contributed by atoms with Gasteiger partial charge in [-0.05, 0) is 68.3 Å². The Balaban J connectivity index is 2.13. The highest BCUT2D eigenvalue weighted by molar-refractivity contribution is 7.92. The number of nitrogens with one attached hydrogen (secondary N) is 1. The molecule has 0 atom stereocenters. The second kappa shape index (κ2) is 8.97. The number of pyridine rings is 1. The summed E-state index contributed by atoms with van der Waals surface area (Å²) in [6.45, 7) is 4.51. The van der Waals surface area contributed by atoms with Crippen LogP contribution in [0, 0.1) is 6.92 Å². The predicted octanol–water partition coefficient (Wildman–Crippen LogP) is 5.41. The van der Waals surface area contributed by atoms with Crippen LogP contribution in [0.15, 0.2) is 59.8 Å². The van der Waals surface area contributed by atoms with E-state index in [0.29, 0.717) is 26.7 Å². The number of nitrogens with zero attached hydrogens (tertiary/aromatic N) is 1. The number of carboxylic acid groups (broad SMARTS) is 1. The van der Waals surface area contributed by atoms with Crippen molar-refractivity contribution in [1.29, 1.82) is 0 Å². The summed E-state index contributed by atoms with van der Waals surface area (Å²) < 4.78 is 34.2. The lowest BCUT2D eigenvalue weighted by Gasteiger charge is -2.23. The number of sulfonamides is 1. The molecule has 168 valence electrons. The first-order chi connectivity index (χ1) is 14.9. The molecule has 2 aromatic carbocycles. The third-order valence-electron chi connectivity index (χ3n) is 4.46. The molecular weight excluding hydrogens is 475 g/mol. The first-order valence-corrected chi connectivity index (χ1v) is 11.6. The Morgan fingerprint density at radius 1 is 1.06 bits per heavy atom. The number of hydrogen-bond donors (Lipinski definition) is 2. The number of aromatic nitrogens is 1. The fourth-order valence-electron chi connectivity index (χ4n) is 2.85. The van der Waals surface area contributed by atoms with Gasteiger partial charge in [0.25, 0.3) is 10.0 Å². The Morgan fingerprint density at radius 2 is 1.72 bits per heavy atom. The largest absolute Gasteiger partial charge is 0.478 e. The zero-order valence-electron chi connectivity index (χ0n) is 17.4. The van der Waals surface area contributed by atoms with Gasteiger partial charge in [-0.2, -0.15) is 0 Å². The fraction of sp³-hybridized carbons (Fsp3) is 0.182. The Hall–Kier alpha value is -2.81. The standard InChI is InChI=1S/C22H20Cl2N2O5S/c1-13-6-18(12-25-11-13)32(29,30)26-20-10-17(31-22(2,3)21(27)28)4-5-19(20)14-7-15(23)9-16(24)8-14/h4-12,26H,1-3H3,(H,27,28). The quantitative estimate of drug-likeness (QED) is 0.454. The molecule has 0 aliphatic carbocycles. The molecule has 0 spiro atoms. The zero-order chi connectivity index (χ0) is 23.7. The van der Waals surface area contributed by atoms with Gasteiger partial charge in [0.2, 0.25) is 0 Å². The summed E-state index contributed by atoms with van der Waals surface area (Å²) in [5.74, 6) is -1.01. The van der Waals surface area contributed by atoms with Crippen molar-refractivity contribution in [3.63, 3.8) is 0 Å². The second-order valence-electron chi connectivity index (χ2n) is 7.59. The number of rotatable bonds is 7. The van der Waals surface area contributed by atoms with Gasteiger partial charge in [0.15, 0.2) is 5.60 Å². The molecule has 0 aliphatic heterocycles. The summed E-state index contributed by atoms with van der Waals surface area (Å²) >= 11 is 12.3. The molecule has 0 bridgehead atoms. The highest BCUT2D eigenvalue weighted by Crippen LogP contribution is 2.36. The Labute approximate surface area is 196 Å². The molecule has 10 heteroatoms. The van der Waals surface area contributed by atoms with Gasteiger partial charge in [-0.25, -0.2) is 13.2 Å². The first-order valence-electron chi connectivity index (χ1n) is 9.35. The van der Waals surface area contributed by atoms with Crippen molar-refractivity contribution in [3.8, 4) is 16.9 Å². The summed E-state index contributed by atoms with van der Waals surface area (Å²) in [5.41, 5.74) is 0.335. The number of aryl methyl sites for hydroxylation is 1. The maximum Gasteiger partial charge on any atom is 0.347 e. The number of halogens is 2. The van der Waals surface area contributed by atoms with Crippen LogP contribution in [0.5, 0.6) is 5.75 Å². The van der Waals surface area contributed by atoms with Crippen LogP contribution in [0.4, 0.5) is 5.69 Å². The molecule has 0 saturated carbocycles. The topological polar surface area (TPSA) is 106 Å². The molecule has 32 heavy (non-hydrogen) atoms. The van der Waals surface area contributed by atoms with Crippen LogP contribution >= 0.6 is 23.2 Å². The summed E-state index contributed by atoms with van der Waals surface area (Å²) in [6.07, 6.45) is 2.78. The molecule has 0 amide bonds. The minimum absolute atomic E-state index is 0.0234. The van der Waals surface area contributed by atoms with Gasteiger partial charge in [0.1, 0.15) is 10.6 Å². The minimum Gasteiger partial charge on any atom is -0.478 e. The Morgan fingerprint density at radius 3 is 2.31 bits per heavy atom. The molecule has 0 radical (unpaired) electrons. The highest BCUT2D eigenvalue weighted by Gasteiger charge is 2.30. The Kier molecular flexibility index (Phi) is 6.69. The molecular formula is C22H20Cl2N2O5S. The third kappa shape index (κ3) is 5.51. The number of benzene rings is 2. The average Bonchev–Trinajstić information content (AvgIpc) is 2.66. The number of anilines is 1. The van der Waals surface area contributed by atoms with E-state index < -0.39 is 21.6 Å². The van der Waals surface area contributed by atoms with E-state index in [1.165, 1.54) is 32.2 Å². The van der Waals surface area contributed by atoms with E-state index in [1.54, 1.807) is 43.5 Å². The summed E-state index contributed by atoms with van der Waals surface area (Å²) in [6, 6.07) is 10.9. The smallest absolute Gasteiger partial charge is 0.347 e. The maximum absolute atomic E-state index is 13.0. The lowest BCUT2D eigenvalue weighted by atomic mass is 10.0. The van der Waals surface area contributed by atoms with Crippen LogP contribution in [0.2, 0.25) is 10.0 Å². The van der Waals surface area contributed by atoms with Crippen molar-refractivity contribution in [2.24, 2.45) is 0 Å². The van der Waals surface area contributed by atoms with Gasteiger partial charge in [0, 0.05) is 34.1 Å². The summed E-state index contributed by atoms with van der Waals surface area (Å²) in [4.78, 5) is 15.4. The van der Waals surface area contributed by atoms with Gasteiger partial charge in [-0.3, -0.25) is 9.71 Å². The van der Waals surface area contributed by atoms with E-state index >= 15 is 0 Å². The maximum atomic E-state index is 13.0. The van der Waals surface area contributed by atoms with E-state index in [0.717, 1.165) is 0 Å². The van der Waals surface area contributed by atoms with Gasteiger partial charge < -0.3 is 9.84 Å². The predicted molar refractivity (Wildman–Crippen MR) is 124 cm³/mol. The number of aliphatic carboxylic acids is 1. The van der Waals surface area contributed by atoms with E-state index in [4.69, 9.17) is 27.9 Å². The van der Waals surface area contributed by atoms with Gasteiger partial charge in [-0.15, -0.1) is 0 Å². The number of carboxylic acids is 1. The lowest BCUT2D eigenvalue weighted by Crippen LogP contribution is -2.37. The van der Waals surface area contributed by atoms with E-state index in [2.05, 4.69) is 9.71 Å². The average molecular weight is 495 g/mol. The second-order valence-corrected chi connectivity index (χ2v) is 10.1. The van der Waals surface area contributed by atoms with Gasteiger partial charge >= 0.3 is 5.97 Å². The van der Waals surface area contributed by atoms with E-state index in [9.17, 15) is 18.3 Å². The van der Waals surface area contributed by atoms with Crippen molar-refractivity contribution in [1.82, 2.24) is 4.98 Å². The highest BCUT2D eigenvalue weighted by atomic mass is 35.5. The lowest BCUT2D eigenvalue weighted by molar-refractivity contribution is -0.152. The van der Waals surface area contributed by atoms with Crippen molar-refractivity contribution in [2.75, 3.05) is 4.72 Å². The number of ether oxygens (including phenoxy) is 1. The normalized spacial score (nSPS) is 11.8. The van der Waals surface area contributed by atoms with Crippen LogP contribution in [0.1, 0.15) is 19.4 Å². The SMILES string of the molecule is Cc1cncc(S(=O)(=O)Nc2cc(OC(C)(C)C(=O)O)ccc2-c2cc(Cl)cc(Cl)c2)c1. The first kappa shape index (κ1) is 23.8. The molecule has 7 nitrogen and oxygen atoms in total. The Bertz CT molecular complexity index is 1270. The molecule has 0 unspecified atom stereocenters. The molecule has 2 N–H and O–H groups in total. The van der Waals surface area contributed by atoms with Crippen molar-refractivity contribution in [2.45, 2.75) is 31.3 Å². The molecule has 0 saturated heterocycles. The fourth-order valence-corrected chi connectivity index (χ4v) is 4.49. The molecule has 0 aliphatic rings. The number of carbonyl (C=O) groups is 1. The van der Waals surface area contributed by atoms with Gasteiger partial charge in [-0.1, -0.05) is 23.2 Å². The van der Waals surface area contributed by atoms with Crippen molar-refractivity contribution >= 4 is 44.9 Å². The summed E-state index contributed by atoms with van der Waals surface area (Å²) in [5, 5.41) is 10.1. The molecule has 3 rings (SSSR count). The zero-order valence-corrected chi connectivity index (χ0v) is 19.7. The van der Waals surface area contributed by atoms with Crippen molar-refractivity contribution in [3.05, 3.63) is 70.5 Å². The van der Waals surface area contributed by atoms with Crippen LogP contribution in [-0.2, 0) is 14.8 Å². The summed E-state index contributed by atoms with van der Waals surface area (Å²) in [7, 11) is -4.01. The number of hydrogen-bond acceptors (Lipinski definition) is 5. The van der Waals surface area contributed by atoms with Gasteiger partial charge in [0.05, 0.1) is 5.69 Å². The van der Waals surface area contributed by atoms with E-state index in [-0.39, 0.29) is 16.3 Å². The van der Waals surface area contributed by atoms with Crippen LogP contribution < -0.4 is 9.46 Å². The minimum atomic E-state index is -4.01. The molecule has 1 heterocycles. The molecule has 0 fully saturated rings. The van der Waals surface area contributed by atoms with Crippen molar-refractivity contribution < 1.29 is 23.1 Å².